The van der Waals surface area contributed by atoms with Crippen LogP contribution in [0.25, 0.3) is 22.2 Å². The van der Waals surface area contributed by atoms with Gasteiger partial charge in [-0.25, -0.2) is 9.97 Å². The first-order chi connectivity index (χ1) is 15.0. The third-order valence-electron chi connectivity index (χ3n) is 6.55. The summed E-state index contributed by atoms with van der Waals surface area (Å²) in [6.45, 7) is 4.37. The highest BCUT2D eigenvalue weighted by Gasteiger charge is 2.39. The molecule has 5 N–H and O–H groups in total. The lowest BCUT2D eigenvalue weighted by atomic mass is 9.98. The van der Waals surface area contributed by atoms with E-state index >= 15 is 0 Å². The van der Waals surface area contributed by atoms with Gasteiger partial charge in [0.25, 0.3) is 0 Å². The number of nitrogen functional groups attached to an aromatic ring is 1. The second-order valence-electron chi connectivity index (χ2n) is 8.40. The van der Waals surface area contributed by atoms with Crippen molar-refractivity contribution in [2.75, 3.05) is 18.9 Å². The molecule has 0 spiro atoms. The van der Waals surface area contributed by atoms with Gasteiger partial charge < -0.3 is 26.0 Å². The van der Waals surface area contributed by atoms with Gasteiger partial charge in [0, 0.05) is 18.3 Å². The molecule has 4 atom stereocenters. The molecular formula is C23H30N6O2. The lowest BCUT2D eigenvalue weighted by Gasteiger charge is -2.28. The Hall–Kier alpha value is -2.97. The maximum Gasteiger partial charge on any atom is 0.240 e. The van der Waals surface area contributed by atoms with Crippen molar-refractivity contribution in [3.63, 3.8) is 0 Å². The van der Waals surface area contributed by atoms with Crippen molar-refractivity contribution >= 4 is 22.8 Å². The third-order valence-corrected chi connectivity index (χ3v) is 6.55. The number of nitrogens with two attached hydrogens (primary N) is 2. The summed E-state index contributed by atoms with van der Waals surface area (Å²) in [4.78, 5) is 23.5. The molecule has 8 heteroatoms. The fourth-order valence-electron chi connectivity index (χ4n) is 4.45. The molecule has 31 heavy (non-hydrogen) atoms. The van der Waals surface area contributed by atoms with E-state index in [0.29, 0.717) is 18.8 Å². The van der Waals surface area contributed by atoms with Crippen molar-refractivity contribution in [1.29, 1.82) is 0 Å². The lowest BCUT2D eigenvalue weighted by Crippen LogP contribution is -2.49. The van der Waals surface area contributed by atoms with Crippen LogP contribution in [0.5, 0.6) is 0 Å². The van der Waals surface area contributed by atoms with E-state index in [1.165, 1.54) is 6.33 Å². The van der Waals surface area contributed by atoms with Crippen LogP contribution in [0, 0.1) is 5.92 Å². The number of hydrogen-bond donors (Lipinski definition) is 3. The fraction of sp³-hybridized carbons (Fsp3) is 0.435. The molecule has 8 nitrogen and oxygen atoms in total. The first-order valence-electron chi connectivity index (χ1n) is 10.8. The molecule has 1 fully saturated rings. The van der Waals surface area contributed by atoms with Gasteiger partial charge in [-0.2, -0.15) is 0 Å². The average molecular weight is 423 g/mol. The minimum absolute atomic E-state index is 0.0421. The largest absolute Gasteiger partial charge is 0.394 e. The van der Waals surface area contributed by atoms with Gasteiger partial charge in [0.2, 0.25) is 5.91 Å². The highest BCUT2D eigenvalue weighted by molar-refractivity contribution is 6.00. The van der Waals surface area contributed by atoms with Gasteiger partial charge >= 0.3 is 0 Å². The van der Waals surface area contributed by atoms with Crippen LogP contribution >= 0.6 is 0 Å². The number of aromatic nitrogens is 3. The highest BCUT2D eigenvalue weighted by Crippen LogP contribution is 2.37. The number of carbonyl (C=O) groups is 1. The lowest BCUT2D eigenvalue weighted by molar-refractivity contribution is -0.135. The van der Waals surface area contributed by atoms with E-state index in [0.717, 1.165) is 28.6 Å². The molecule has 164 valence electrons. The summed E-state index contributed by atoms with van der Waals surface area (Å²) in [6.07, 6.45) is 4.94. The van der Waals surface area contributed by atoms with Crippen molar-refractivity contribution in [1.82, 2.24) is 19.4 Å². The molecule has 3 aromatic rings. The predicted molar refractivity (Wildman–Crippen MR) is 121 cm³/mol. The Labute approximate surface area is 181 Å². The van der Waals surface area contributed by atoms with Gasteiger partial charge in [0.1, 0.15) is 17.8 Å². The van der Waals surface area contributed by atoms with E-state index in [1.807, 2.05) is 50.4 Å². The number of rotatable bonds is 6. The predicted octanol–water partition coefficient (Wildman–Crippen LogP) is 2.19. The molecule has 1 aliphatic heterocycles. The zero-order valence-corrected chi connectivity index (χ0v) is 18.0. The number of likely N-dealkylation sites (tertiary alicyclic amines) is 1. The molecule has 4 rings (SSSR count). The zero-order chi connectivity index (χ0) is 22.1. The van der Waals surface area contributed by atoms with E-state index < -0.39 is 6.04 Å². The molecule has 1 saturated heterocycles. The molecule has 1 amide bonds. The smallest absolute Gasteiger partial charge is 0.240 e. The maximum atomic E-state index is 13.1. The van der Waals surface area contributed by atoms with Crippen molar-refractivity contribution in [2.24, 2.45) is 11.7 Å². The second kappa shape index (κ2) is 8.64. The summed E-state index contributed by atoms with van der Waals surface area (Å²) in [5, 5.41) is 10.8. The highest BCUT2D eigenvalue weighted by atomic mass is 16.3. The van der Waals surface area contributed by atoms with E-state index in [1.54, 1.807) is 4.90 Å². The van der Waals surface area contributed by atoms with Crippen LogP contribution in [0.15, 0.2) is 42.9 Å². The molecular weight excluding hydrogens is 392 g/mol. The normalized spacial score (nSPS) is 20.8. The number of aliphatic hydroxyl groups is 1. The van der Waals surface area contributed by atoms with Crippen molar-refractivity contribution in [2.45, 2.75) is 44.8 Å². The van der Waals surface area contributed by atoms with Crippen molar-refractivity contribution in [3.8, 4) is 11.1 Å². The van der Waals surface area contributed by atoms with Gasteiger partial charge in [-0.15, -0.1) is 0 Å². The number of amides is 1. The minimum Gasteiger partial charge on any atom is -0.394 e. The van der Waals surface area contributed by atoms with Gasteiger partial charge in [-0.05, 0) is 17.9 Å². The number of nitrogens with zero attached hydrogens (tertiary/aromatic N) is 4. The quantitative estimate of drug-likeness (QED) is 0.559. The molecule has 2 aromatic heterocycles. The number of carbonyl (C=O) groups excluding carboxylic acids is 1. The number of fused-ring (bicyclic) bond motifs is 1. The van der Waals surface area contributed by atoms with Crippen LogP contribution in [0.2, 0.25) is 0 Å². The fourth-order valence-corrected chi connectivity index (χ4v) is 4.45. The molecule has 1 aliphatic rings. The number of hydrogen-bond acceptors (Lipinski definition) is 6. The zero-order valence-electron chi connectivity index (χ0n) is 18.0. The standard InChI is InChI=1S/C23H30N6O2/c1-3-14(2)20(24)23(31)29-10-16(9-17(29)12-30)28-11-18(15-7-5-4-6-8-15)19-21(25)26-13-27-22(19)28/h4-8,11,13-14,16-17,20,30H,3,9-10,12,24H2,1-2H3,(H2,25,26,27)/t14?,16-,17?,20+/m0/s1. The topological polar surface area (TPSA) is 123 Å². The summed E-state index contributed by atoms with van der Waals surface area (Å²) in [5.41, 5.74) is 15.2. The van der Waals surface area contributed by atoms with Gasteiger partial charge in [-0.3, -0.25) is 4.79 Å². The maximum absolute atomic E-state index is 13.1. The summed E-state index contributed by atoms with van der Waals surface area (Å²) >= 11 is 0. The van der Waals surface area contributed by atoms with E-state index in [-0.39, 0.29) is 30.5 Å². The minimum atomic E-state index is -0.572. The van der Waals surface area contributed by atoms with Gasteiger partial charge in [0.05, 0.1) is 30.1 Å². The molecule has 0 bridgehead atoms. The van der Waals surface area contributed by atoms with Crippen LogP contribution < -0.4 is 11.5 Å². The molecule has 1 aromatic carbocycles. The summed E-state index contributed by atoms with van der Waals surface area (Å²) in [6, 6.07) is 9.09. The summed E-state index contributed by atoms with van der Waals surface area (Å²) < 4.78 is 2.07. The first kappa shape index (κ1) is 21.3. The van der Waals surface area contributed by atoms with E-state index in [4.69, 9.17) is 11.5 Å². The van der Waals surface area contributed by atoms with Crippen LogP contribution in [-0.4, -0.2) is 55.7 Å². The van der Waals surface area contributed by atoms with Crippen LogP contribution in [0.3, 0.4) is 0 Å². The van der Waals surface area contributed by atoms with E-state index in [2.05, 4.69) is 14.5 Å². The molecule has 2 unspecified atom stereocenters. The molecule has 3 heterocycles. The average Bonchev–Trinajstić information content (AvgIpc) is 3.40. The number of benzene rings is 1. The molecule has 0 aliphatic carbocycles. The van der Waals surface area contributed by atoms with Crippen molar-refractivity contribution in [3.05, 3.63) is 42.9 Å². The Morgan fingerprint density at radius 1 is 1.29 bits per heavy atom. The van der Waals surface area contributed by atoms with Crippen molar-refractivity contribution < 1.29 is 9.90 Å². The summed E-state index contributed by atoms with van der Waals surface area (Å²) in [7, 11) is 0. The SMILES string of the molecule is CCC(C)[C@@H](N)C(=O)N1C[C@@H](n2cc(-c3ccccc3)c3c(N)ncnc32)CC1CO. The number of aliphatic hydroxyl groups excluding tert-OH is 1. The monoisotopic (exact) mass is 422 g/mol. The van der Waals surface area contributed by atoms with Crippen LogP contribution in [-0.2, 0) is 4.79 Å². The van der Waals surface area contributed by atoms with Crippen LogP contribution in [0.1, 0.15) is 32.7 Å². The Morgan fingerprint density at radius 2 is 2.03 bits per heavy atom. The van der Waals surface area contributed by atoms with E-state index in [9.17, 15) is 9.90 Å². The molecule has 0 saturated carbocycles. The first-order valence-corrected chi connectivity index (χ1v) is 10.8. The third kappa shape index (κ3) is 3.77. The van der Waals surface area contributed by atoms with Gasteiger partial charge in [-0.1, -0.05) is 50.6 Å². The Bertz CT molecular complexity index is 1070. The Morgan fingerprint density at radius 3 is 2.71 bits per heavy atom. The second-order valence-corrected chi connectivity index (χ2v) is 8.40. The van der Waals surface area contributed by atoms with Gasteiger partial charge in [0.15, 0.2) is 0 Å². The van der Waals surface area contributed by atoms with Crippen LogP contribution in [0.4, 0.5) is 5.82 Å². The Kier molecular flexibility index (Phi) is 5.93. The summed E-state index contributed by atoms with van der Waals surface area (Å²) in [5.74, 6) is 0.395. The molecule has 0 radical (unpaired) electrons. The number of anilines is 1. The Balaban J connectivity index is 1.73.